The zero-order valence-electron chi connectivity index (χ0n) is 12.2. The van der Waals surface area contributed by atoms with Gasteiger partial charge in [-0.2, -0.15) is 0 Å². The van der Waals surface area contributed by atoms with Crippen molar-refractivity contribution in [3.05, 3.63) is 63.6 Å². The number of amides is 2. The average Bonchev–Trinajstić information content (AvgIpc) is 2.51. The summed E-state index contributed by atoms with van der Waals surface area (Å²) < 4.78 is 5.37. The van der Waals surface area contributed by atoms with Crippen LogP contribution in [0.4, 0.5) is 0 Å². The van der Waals surface area contributed by atoms with Gasteiger partial charge in [-0.25, -0.2) is 0 Å². The number of carbonyl (C=O) groups excluding carboxylic acids is 2. The highest BCUT2D eigenvalue weighted by Crippen LogP contribution is 2.21. The first-order chi connectivity index (χ1) is 11.0. The lowest BCUT2D eigenvalue weighted by Crippen LogP contribution is -2.43. The van der Waals surface area contributed by atoms with Crippen molar-refractivity contribution < 1.29 is 14.3 Å². The van der Waals surface area contributed by atoms with Gasteiger partial charge >= 0.3 is 0 Å². The van der Waals surface area contributed by atoms with E-state index in [2.05, 4.69) is 10.9 Å². The van der Waals surface area contributed by atoms with E-state index >= 15 is 0 Å². The monoisotopic (exact) mass is 352 g/mol. The highest BCUT2D eigenvalue weighted by atomic mass is 35.5. The van der Waals surface area contributed by atoms with Gasteiger partial charge in [0.25, 0.3) is 11.8 Å². The Hall–Kier alpha value is -2.24. The molecule has 0 saturated heterocycles. The van der Waals surface area contributed by atoms with E-state index in [9.17, 15) is 9.59 Å². The molecule has 5 nitrogen and oxygen atoms in total. The van der Waals surface area contributed by atoms with Crippen LogP contribution in [0.5, 0.6) is 5.75 Å². The Morgan fingerprint density at radius 1 is 1.04 bits per heavy atom. The van der Waals surface area contributed by atoms with E-state index in [1.807, 2.05) is 6.92 Å². The molecule has 0 spiro atoms. The molecule has 0 aliphatic heterocycles. The van der Waals surface area contributed by atoms with Crippen LogP contribution in [-0.4, -0.2) is 18.4 Å². The van der Waals surface area contributed by atoms with Crippen LogP contribution in [-0.2, 0) is 4.79 Å². The highest BCUT2D eigenvalue weighted by Gasteiger charge is 2.09. The summed E-state index contributed by atoms with van der Waals surface area (Å²) in [5.41, 5.74) is 5.71. The van der Waals surface area contributed by atoms with Gasteiger partial charge in [-0.05, 0) is 48.9 Å². The van der Waals surface area contributed by atoms with Gasteiger partial charge in [-0.3, -0.25) is 20.4 Å². The molecule has 2 rings (SSSR count). The summed E-state index contributed by atoms with van der Waals surface area (Å²) >= 11 is 11.6. The lowest BCUT2D eigenvalue weighted by atomic mass is 10.2. The second kappa shape index (κ2) is 7.85. The van der Waals surface area contributed by atoms with Gasteiger partial charge in [0.15, 0.2) is 6.61 Å². The van der Waals surface area contributed by atoms with Crippen LogP contribution in [0, 0.1) is 6.92 Å². The lowest BCUT2D eigenvalue weighted by Gasteiger charge is -2.10. The van der Waals surface area contributed by atoms with Crippen LogP contribution >= 0.6 is 23.2 Å². The van der Waals surface area contributed by atoms with Crippen LogP contribution in [0.25, 0.3) is 0 Å². The molecule has 0 atom stereocenters. The second-order valence-corrected chi connectivity index (χ2v) is 5.58. The maximum Gasteiger partial charge on any atom is 0.276 e. The summed E-state index contributed by atoms with van der Waals surface area (Å²) in [5.74, 6) is -0.413. The average molecular weight is 353 g/mol. The quantitative estimate of drug-likeness (QED) is 0.830. The van der Waals surface area contributed by atoms with Crippen LogP contribution in [0.15, 0.2) is 42.5 Å². The Bertz CT molecular complexity index is 735. The summed E-state index contributed by atoms with van der Waals surface area (Å²) in [6.07, 6.45) is 0. The molecule has 120 valence electrons. The number of hydrazine groups is 1. The van der Waals surface area contributed by atoms with Gasteiger partial charge in [0, 0.05) is 15.6 Å². The molecule has 2 amide bonds. The number of halogens is 2. The molecule has 0 aliphatic carbocycles. The molecule has 0 fully saturated rings. The van der Waals surface area contributed by atoms with Gasteiger partial charge < -0.3 is 4.74 Å². The maximum absolute atomic E-state index is 11.8. The minimum absolute atomic E-state index is 0.238. The molecule has 0 aromatic heterocycles. The fraction of sp³-hybridized carbons (Fsp3) is 0.125. The maximum atomic E-state index is 11.8. The van der Waals surface area contributed by atoms with E-state index in [1.165, 1.54) is 6.07 Å². The summed E-state index contributed by atoms with van der Waals surface area (Å²) in [6, 6.07) is 11.5. The van der Waals surface area contributed by atoms with Gasteiger partial charge in [-0.1, -0.05) is 29.3 Å². The van der Waals surface area contributed by atoms with Crippen molar-refractivity contribution in [2.24, 2.45) is 0 Å². The predicted octanol–water partition coefficient (Wildman–Crippen LogP) is 3.14. The number of hydrogen-bond donors (Lipinski definition) is 2. The van der Waals surface area contributed by atoms with Crippen molar-refractivity contribution in [1.29, 1.82) is 0 Å². The van der Waals surface area contributed by atoms with Gasteiger partial charge in [0.2, 0.25) is 0 Å². The molecule has 2 aromatic rings. The Labute approximate surface area is 143 Å². The minimum atomic E-state index is -0.491. The van der Waals surface area contributed by atoms with E-state index < -0.39 is 11.8 Å². The molecule has 23 heavy (non-hydrogen) atoms. The normalized spacial score (nSPS) is 10.0. The van der Waals surface area contributed by atoms with Crippen LogP contribution in [0.1, 0.15) is 15.9 Å². The number of hydrogen-bond acceptors (Lipinski definition) is 3. The summed E-state index contributed by atoms with van der Waals surface area (Å²) in [4.78, 5) is 23.5. The molecule has 2 N–H and O–H groups in total. The lowest BCUT2D eigenvalue weighted by molar-refractivity contribution is -0.123. The molecule has 0 bridgehead atoms. The summed E-state index contributed by atoms with van der Waals surface area (Å²) in [7, 11) is 0. The third-order valence-corrected chi connectivity index (χ3v) is 3.37. The zero-order chi connectivity index (χ0) is 16.8. The molecule has 0 saturated carbocycles. The van der Waals surface area contributed by atoms with Crippen LogP contribution in [0.2, 0.25) is 10.0 Å². The third kappa shape index (κ3) is 5.16. The number of rotatable bonds is 4. The second-order valence-electron chi connectivity index (χ2n) is 4.71. The molecule has 0 heterocycles. The van der Waals surface area contributed by atoms with Crippen LogP contribution < -0.4 is 15.6 Å². The fourth-order valence-electron chi connectivity index (χ4n) is 1.78. The minimum Gasteiger partial charge on any atom is -0.483 e. The number of ether oxygens (including phenoxy) is 1. The third-order valence-electron chi connectivity index (χ3n) is 2.90. The van der Waals surface area contributed by atoms with E-state index in [1.54, 1.807) is 36.4 Å². The zero-order valence-corrected chi connectivity index (χ0v) is 13.7. The topological polar surface area (TPSA) is 67.4 Å². The standard InChI is InChI=1S/C16H14Cl2N2O3/c1-10-7-13(18)5-6-14(10)23-9-15(21)19-20-16(22)11-3-2-4-12(17)8-11/h2-8H,9H2,1H3,(H,19,21)(H,20,22). The smallest absolute Gasteiger partial charge is 0.276 e. The van der Waals surface area contributed by atoms with E-state index in [0.717, 1.165) is 5.56 Å². The summed E-state index contributed by atoms with van der Waals surface area (Å²) in [5, 5.41) is 1.03. The first-order valence-electron chi connectivity index (χ1n) is 6.69. The van der Waals surface area contributed by atoms with Gasteiger partial charge in [0.05, 0.1) is 0 Å². The van der Waals surface area contributed by atoms with Crippen molar-refractivity contribution in [1.82, 2.24) is 10.9 Å². The summed E-state index contributed by atoms with van der Waals surface area (Å²) in [6.45, 7) is 1.58. The molecule has 2 aromatic carbocycles. The van der Waals surface area contributed by atoms with Crippen molar-refractivity contribution in [2.45, 2.75) is 6.92 Å². The number of aryl methyl sites for hydroxylation is 1. The largest absolute Gasteiger partial charge is 0.483 e. The molecule has 0 aliphatic rings. The predicted molar refractivity (Wildman–Crippen MR) is 88.7 cm³/mol. The molecular formula is C16H14Cl2N2O3. The Kier molecular flexibility index (Phi) is 5.84. The first kappa shape index (κ1) is 17.1. The molecule has 0 radical (unpaired) electrons. The Morgan fingerprint density at radius 2 is 1.78 bits per heavy atom. The molecule has 7 heteroatoms. The van der Waals surface area contributed by atoms with Crippen LogP contribution in [0.3, 0.4) is 0 Å². The van der Waals surface area contributed by atoms with E-state index in [4.69, 9.17) is 27.9 Å². The fourth-order valence-corrected chi connectivity index (χ4v) is 2.20. The van der Waals surface area contributed by atoms with Gasteiger partial charge in [-0.15, -0.1) is 0 Å². The van der Waals surface area contributed by atoms with Crippen molar-refractivity contribution in [3.8, 4) is 5.75 Å². The van der Waals surface area contributed by atoms with Crippen molar-refractivity contribution in [2.75, 3.05) is 6.61 Å². The molecule has 0 unspecified atom stereocenters. The SMILES string of the molecule is Cc1cc(Cl)ccc1OCC(=O)NNC(=O)c1cccc(Cl)c1. The van der Waals surface area contributed by atoms with E-state index in [-0.39, 0.29) is 6.61 Å². The van der Waals surface area contributed by atoms with Crippen molar-refractivity contribution in [3.63, 3.8) is 0 Å². The van der Waals surface area contributed by atoms with Crippen molar-refractivity contribution >= 4 is 35.0 Å². The number of carbonyl (C=O) groups is 2. The molecular weight excluding hydrogens is 339 g/mol. The number of benzene rings is 2. The highest BCUT2D eigenvalue weighted by molar-refractivity contribution is 6.31. The van der Waals surface area contributed by atoms with Gasteiger partial charge in [0.1, 0.15) is 5.75 Å². The Morgan fingerprint density at radius 3 is 2.48 bits per heavy atom. The van der Waals surface area contributed by atoms with E-state index in [0.29, 0.717) is 21.4 Å². The Balaban J connectivity index is 1.82. The number of nitrogens with one attached hydrogen (secondary N) is 2. The first-order valence-corrected chi connectivity index (χ1v) is 7.45.